The second kappa shape index (κ2) is 10.7. The fourth-order valence-corrected chi connectivity index (χ4v) is 3.25. The van der Waals surface area contributed by atoms with Crippen LogP contribution in [0, 0.1) is 0 Å². The Morgan fingerprint density at radius 1 is 0.971 bits per heavy atom. The second-order valence-corrected chi connectivity index (χ2v) is 8.12. The number of carbonyl (C=O) groups is 1. The van der Waals surface area contributed by atoms with Gasteiger partial charge in [0.05, 0.1) is 18.9 Å². The summed E-state index contributed by atoms with van der Waals surface area (Å²) in [5, 5.41) is 4.43. The predicted octanol–water partition coefficient (Wildman–Crippen LogP) is 5.33. The maximum absolute atomic E-state index is 12.3. The van der Waals surface area contributed by atoms with Crippen LogP contribution >= 0.6 is 0 Å². The number of ether oxygens (including phenoxy) is 4. The van der Waals surface area contributed by atoms with Gasteiger partial charge in [0, 0.05) is 30.8 Å². The summed E-state index contributed by atoms with van der Waals surface area (Å²) in [7, 11) is 1.78. The lowest BCUT2D eigenvalue weighted by Gasteiger charge is -2.24. The smallest absolute Gasteiger partial charge is 0.493 e. The lowest BCUT2D eigenvalue weighted by Crippen LogP contribution is -2.39. The first-order valence-electron chi connectivity index (χ1n) is 10.9. The second-order valence-electron chi connectivity index (χ2n) is 8.12. The number of rotatable bonds is 10. The van der Waals surface area contributed by atoms with Crippen molar-refractivity contribution in [2.45, 2.75) is 39.2 Å². The van der Waals surface area contributed by atoms with Gasteiger partial charge < -0.3 is 18.9 Å². The molecule has 0 spiro atoms. The molecule has 0 fully saturated rings. The van der Waals surface area contributed by atoms with E-state index in [0.29, 0.717) is 35.8 Å². The van der Waals surface area contributed by atoms with Crippen molar-refractivity contribution >= 4 is 5.97 Å². The van der Waals surface area contributed by atoms with E-state index in [2.05, 4.69) is 9.84 Å². The molecule has 0 bridgehead atoms. The molecule has 0 unspecified atom stereocenters. The van der Waals surface area contributed by atoms with Crippen molar-refractivity contribution < 1.29 is 36.9 Å². The predicted molar refractivity (Wildman–Crippen MR) is 122 cm³/mol. The Morgan fingerprint density at radius 2 is 1.66 bits per heavy atom. The van der Waals surface area contributed by atoms with Crippen LogP contribution in [0.5, 0.6) is 17.2 Å². The van der Waals surface area contributed by atoms with Gasteiger partial charge in [-0.2, -0.15) is 5.10 Å². The third kappa shape index (κ3) is 7.40. The molecule has 0 atom stereocenters. The average Bonchev–Trinajstić information content (AvgIpc) is 3.14. The minimum Gasteiger partial charge on any atom is -0.493 e. The summed E-state index contributed by atoms with van der Waals surface area (Å²) >= 11 is 0. The summed E-state index contributed by atoms with van der Waals surface area (Å²) in [5.41, 5.74) is 1.03. The Hall–Kier alpha value is -3.69. The number of esters is 1. The highest BCUT2D eigenvalue weighted by molar-refractivity contribution is 5.79. The van der Waals surface area contributed by atoms with Crippen molar-refractivity contribution in [3.63, 3.8) is 0 Å². The van der Waals surface area contributed by atoms with Crippen LogP contribution in [-0.2, 0) is 23.0 Å². The Balaban J connectivity index is 1.59. The van der Waals surface area contributed by atoms with Gasteiger partial charge in [0.15, 0.2) is 5.60 Å². The zero-order valence-electron chi connectivity index (χ0n) is 19.9. The van der Waals surface area contributed by atoms with Crippen molar-refractivity contribution in [2.24, 2.45) is 7.05 Å². The number of alkyl halides is 3. The molecule has 0 aliphatic heterocycles. The summed E-state index contributed by atoms with van der Waals surface area (Å²) in [6.07, 6.45) is -4.19. The number of hydrogen-bond donors (Lipinski definition) is 0. The Kier molecular flexibility index (Phi) is 7.93. The topological polar surface area (TPSA) is 71.8 Å². The maximum atomic E-state index is 12.3. The molecular weight excluding hydrogens is 465 g/mol. The van der Waals surface area contributed by atoms with Gasteiger partial charge in [0.2, 0.25) is 0 Å². The highest BCUT2D eigenvalue weighted by atomic mass is 19.4. The van der Waals surface area contributed by atoms with Gasteiger partial charge in [-0.25, -0.2) is 4.79 Å². The van der Waals surface area contributed by atoms with E-state index in [4.69, 9.17) is 14.2 Å². The van der Waals surface area contributed by atoms with Gasteiger partial charge in [-0.3, -0.25) is 4.68 Å². The fourth-order valence-electron chi connectivity index (χ4n) is 3.25. The molecule has 3 aromatic rings. The number of hydrogen-bond acceptors (Lipinski definition) is 6. The highest BCUT2D eigenvalue weighted by Gasteiger charge is 2.32. The van der Waals surface area contributed by atoms with E-state index in [-0.39, 0.29) is 12.4 Å². The minimum absolute atomic E-state index is 0.266. The summed E-state index contributed by atoms with van der Waals surface area (Å²) in [6.45, 7) is 5.62. The van der Waals surface area contributed by atoms with Crippen molar-refractivity contribution in [2.75, 3.05) is 13.2 Å². The molecule has 188 valence electrons. The molecule has 10 heteroatoms. The Bertz CT molecular complexity index is 1140. The van der Waals surface area contributed by atoms with Crippen LogP contribution in [0.2, 0.25) is 0 Å². The molecule has 0 aliphatic rings. The van der Waals surface area contributed by atoms with Gasteiger partial charge in [-0.05, 0) is 63.2 Å². The molecule has 1 aromatic heterocycles. The SMILES string of the molecule is CCOC(=O)C(C)(C)Oc1cccc(OCCc2cc(-c3ccc(OC(F)(F)F)cc3)nn2C)c1. The van der Waals surface area contributed by atoms with Gasteiger partial charge in [-0.15, -0.1) is 13.2 Å². The first kappa shape index (κ1) is 25.9. The minimum atomic E-state index is -4.73. The molecule has 0 saturated heterocycles. The van der Waals surface area contributed by atoms with Crippen molar-refractivity contribution in [1.82, 2.24) is 9.78 Å². The van der Waals surface area contributed by atoms with Crippen LogP contribution in [0.25, 0.3) is 11.3 Å². The molecule has 0 aliphatic carbocycles. The lowest BCUT2D eigenvalue weighted by atomic mass is 10.1. The van der Waals surface area contributed by atoms with Gasteiger partial charge in [0.25, 0.3) is 0 Å². The summed E-state index contributed by atoms with van der Waals surface area (Å²) in [4.78, 5) is 12.1. The summed E-state index contributed by atoms with van der Waals surface area (Å²) in [5.74, 6) is 0.301. The molecule has 0 N–H and O–H groups in total. The summed E-state index contributed by atoms with van der Waals surface area (Å²) in [6, 6.07) is 14.4. The van der Waals surface area contributed by atoms with Gasteiger partial charge in [0.1, 0.15) is 17.2 Å². The van der Waals surface area contributed by atoms with E-state index in [0.717, 1.165) is 5.69 Å². The largest absolute Gasteiger partial charge is 0.573 e. The maximum Gasteiger partial charge on any atom is 0.573 e. The van der Waals surface area contributed by atoms with Crippen LogP contribution in [0.15, 0.2) is 54.6 Å². The normalized spacial score (nSPS) is 11.7. The average molecular weight is 492 g/mol. The van der Waals surface area contributed by atoms with E-state index >= 15 is 0 Å². The van der Waals surface area contributed by atoms with E-state index in [9.17, 15) is 18.0 Å². The van der Waals surface area contributed by atoms with Crippen LogP contribution < -0.4 is 14.2 Å². The lowest BCUT2D eigenvalue weighted by molar-refractivity contribution is -0.274. The van der Waals surface area contributed by atoms with E-state index in [1.54, 1.807) is 56.8 Å². The number of benzene rings is 2. The van der Waals surface area contributed by atoms with E-state index < -0.39 is 17.9 Å². The molecule has 0 radical (unpaired) electrons. The number of carbonyl (C=O) groups excluding carboxylic acids is 1. The van der Waals surface area contributed by atoms with E-state index in [1.807, 2.05) is 6.07 Å². The molecule has 3 rings (SSSR count). The van der Waals surface area contributed by atoms with Gasteiger partial charge in [-0.1, -0.05) is 6.07 Å². The third-order valence-corrected chi connectivity index (χ3v) is 4.93. The van der Waals surface area contributed by atoms with Crippen molar-refractivity contribution in [3.8, 4) is 28.5 Å². The molecule has 1 heterocycles. The first-order valence-corrected chi connectivity index (χ1v) is 10.9. The van der Waals surface area contributed by atoms with Gasteiger partial charge >= 0.3 is 12.3 Å². The monoisotopic (exact) mass is 492 g/mol. The van der Waals surface area contributed by atoms with Crippen LogP contribution in [0.1, 0.15) is 26.5 Å². The summed E-state index contributed by atoms with van der Waals surface area (Å²) < 4.78 is 59.3. The standard InChI is InChI=1S/C25H27F3N2O5/c1-5-32-23(31)24(2,3)34-21-8-6-7-20(16-21)33-14-13-18-15-22(29-30(18)4)17-9-11-19(12-10-17)35-25(26,27)28/h6-12,15-16H,5,13-14H2,1-4H3. The van der Waals surface area contributed by atoms with Crippen molar-refractivity contribution in [3.05, 3.63) is 60.3 Å². The molecular formula is C25H27F3N2O5. The molecule has 35 heavy (non-hydrogen) atoms. The molecule has 0 saturated carbocycles. The molecule has 7 nitrogen and oxygen atoms in total. The van der Waals surface area contributed by atoms with Crippen LogP contribution in [0.3, 0.4) is 0 Å². The zero-order valence-corrected chi connectivity index (χ0v) is 19.9. The highest BCUT2D eigenvalue weighted by Crippen LogP contribution is 2.27. The number of halogens is 3. The number of aromatic nitrogens is 2. The van der Waals surface area contributed by atoms with Crippen molar-refractivity contribution in [1.29, 1.82) is 0 Å². The molecule has 0 amide bonds. The van der Waals surface area contributed by atoms with Crippen LogP contribution in [-0.4, -0.2) is 40.9 Å². The van der Waals surface area contributed by atoms with Crippen LogP contribution in [0.4, 0.5) is 13.2 Å². The fraction of sp³-hybridized carbons (Fsp3) is 0.360. The third-order valence-electron chi connectivity index (χ3n) is 4.93. The Labute approximate surface area is 201 Å². The first-order chi connectivity index (χ1) is 16.5. The number of nitrogens with zero attached hydrogens (tertiary/aromatic N) is 2. The molecule has 2 aromatic carbocycles. The Morgan fingerprint density at radius 3 is 2.31 bits per heavy atom. The number of aryl methyl sites for hydroxylation is 1. The zero-order chi connectivity index (χ0) is 25.6. The van der Waals surface area contributed by atoms with E-state index in [1.165, 1.54) is 24.3 Å². The quantitative estimate of drug-likeness (QED) is 0.357.